The van der Waals surface area contributed by atoms with Crippen molar-refractivity contribution < 1.29 is 43.8 Å². The van der Waals surface area contributed by atoms with Crippen molar-refractivity contribution in [2.75, 3.05) is 80.0 Å². The van der Waals surface area contributed by atoms with Crippen LogP contribution in [0.25, 0.3) is 0 Å². The van der Waals surface area contributed by atoms with Gasteiger partial charge in [-0.2, -0.15) is 0 Å². The van der Waals surface area contributed by atoms with Gasteiger partial charge in [0.05, 0.1) is 48.8 Å². The van der Waals surface area contributed by atoms with Crippen LogP contribution in [0.4, 0.5) is 4.39 Å². The van der Waals surface area contributed by atoms with Gasteiger partial charge < -0.3 is 39.4 Å². The van der Waals surface area contributed by atoms with E-state index in [1.165, 1.54) is 0 Å². The highest BCUT2D eigenvalue weighted by atomic mass is 31.2. The molecule has 16 atom stereocenters. The van der Waals surface area contributed by atoms with Crippen molar-refractivity contribution in [3.05, 3.63) is 0 Å². The van der Waals surface area contributed by atoms with Gasteiger partial charge in [-0.15, -0.1) is 52.7 Å². The predicted octanol–water partition coefficient (Wildman–Crippen LogP) is 7.68. The zero-order valence-electron chi connectivity index (χ0n) is 42.2. The summed E-state index contributed by atoms with van der Waals surface area (Å²) in [6.07, 6.45) is 14.6. The number of aliphatic hydroxyl groups is 4. The summed E-state index contributed by atoms with van der Waals surface area (Å²) in [5, 5.41) is 37.4. The van der Waals surface area contributed by atoms with Crippen LogP contribution in [0.2, 0.25) is 0 Å². The molecule has 0 bridgehead atoms. The molecule has 0 amide bonds. The van der Waals surface area contributed by atoms with Crippen molar-refractivity contribution in [2.24, 2.45) is 17.8 Å². The van der Waals surface area contributed by atoms with E-state index >= 15 is 0 Å². The van der Waals surface area contributed by atoms with Crippen LogP contribution in [-0.2, 0) is 18.9 Å². The quantitative estimate of drug-likeness (QED) is 0.168. The van der Waals surface area contributed by atoms with E-state index in [9.17, 15) is 19.7 Å². The summed E-state index contributed by atoms with van der Waals surface area (Å²) in [4.78, 5) is 0. The number of hydrogen-bond donors (Lipinski definition) is 4. The first kappa shape index (κ1) is 71.0. The highest BCUT2D eigenvalue weighted by Crippen LogP contribution is 2.31. The fourth-order valence-electron chi connectivity index (χ4n) is 5.08. The van der Waals surface area contributed by atoms with Crippen molar-refractivity contribution in [3.8, 4) is 0 Å². The Morgan fingerprint density at radius 1 is 0.426 bits per heavy atom. The molecule has 4 N–H and O–H groups in total. The average Bonchev–Trinajstić information content (AvgIpc) is 3.67. The summed E-state index contributed by atoms with van der Waals surface area (Å²) >= 11 is 0. The molecule has 61 heavy (non-hydrogen) atoms. The van der Waals surface area contributed by atoms with Crippen molar-refractivity contribution >= 4 is 76.3 Å². The Labute approximate surface area is 383 Å². The monoisotopic (exact) mass is 945 g/mol. The highest BCUT2D eigenvalue weighted by molar-refractivity contribution is 7.72. The van der Waals surface area contributed by atoms with Gasteiger partial charge in [-0.25, -0.2) is 4.39 Å². The summed E-state index contributed by atoms with van der Waals surface area (Å²) in [7, 11) is 16.7. The van der Waals surface area contributed by atoms with Crippen LogP contribution < -0.4 is 0 Å². The molecule has 4 saturated heterocycles. The second-order valence-electron chi connectivity index (χ2n) is 20.6. The summed E-state index contributed by atoms with van der Waals surface area (Å²) in [6.45, 7) is 38.9. The molecule has 0 aromatic rings. The standard InChI is InChI=1S/3C7H13BO2.C7H13FO2.4C4H11P.CH4/c3*1-3-5-6(9)4(2)7(8)10-5;1-3-5-7(9)6(8)4(2)10-5;4*1-5(2,3)4;/h4*4-7,9H,3H2,1-2H3;4*1H2,2-4H3;1H4/t3*4-,5-,6+,7-;4-,5+,6-,7+;;;;;/m1110...../s1. The molecule has 0 unspecified atom stereocenters. The third kappa shape index (κ3) is 39.9. The lowest BCUT2D eigenvalue weighted by molar-refractivity contribution is 0.0144. The zero-order chi connectivity index (χ0) is 48.9. The molecule has 16 heteroatoms. The van der Waals surface area contributed by atoms with Gasteiger partial charge in [-0.1, -0.05) is 55.9 Å². The topological polar surface area (TPSA) is 118 Å². The lowest BCUT2D eigenvalue weighted by Crippen LogP contribution is -2.27. The molecule has 6 radical (unpaired) electrons. The first-order valence-electron chi connectivity index (χ1n) is 21.5. The van der Waals surface area contributed by atoms with Crippen LogP contribution >= 0.6 is 27.5 Å². The van der Waals surface area contributed by atoms with Gasteiger partial charge in [-0.05, 0) is 113 Å². The van der Waals surface area contributed by atoms with Crippen LogP contribution in [-0.4, -0.2) is 228 Å². The van der Waals surface area contributed by atoms with Crippen molar-refractivity contribution in [2.45, 2.75) is 168 Å². The Bertz CT molecular complexity index is 1070. The highest BCUT2D eigenvalue weighted by Gasteiger charge is 2.40. The first-order chi connectivity index (χ1) is 26.7. The maximum absolute atomic E-state index is 12.8. The van der Waals surface area contributed by atoms with Crippen LogP contribution in [0.5, 0.6) is 0 Å². The molecule has 0 spiro atoms. The fourth-order valence-corrected chi connectivity index (χ4v) is 5.08. The second kappa shape index (κ2) is 33.5. The molecule has 4 rings (SSSR count). The summed E-state index contributed by atoms with van der Waals surface area (Å²) in [6, 6.07) is -0.833. The Balaban J connectivity index is -0.000000200. The third-order valence-corrected chi connectivity index (χ3v) is 8.46. The molecule has 364 valence electrons. The summed E-state index contributed by atoms with van der Waals surface area (Å²) in [5.74, 6) is 0.222. The van der Waals surface area contributed by atoms with Gasteiger partial charge in [-0.3, -0.25) is 0 Å². The van der Waals surface area contributed by atoms with E-state index < -0.39 is 45.9 Å². The van der Waals surface area contributed by atoms with E-state index in [0.29, 0.717) is 6.42 Å². The van der Waals surface area contributed by atoms with Gasteiger partial charge in [0, 0.05) is 35.8 Å². The van der Waals surface area contributed by atoms with E-state index in [0.717, 1.165) is 19.3 Å². The number of hydrogen-bond acceptors (Lipinski definition) is 8. The molecule has 0 aliphatic carbocycles. The van der Waals surface area contributed by atoms with E-state index in [2.05, 4.69) is 105 Å². The minimum absolute atomic E-state index is 0. The molecular weight excluding hydrogens is 844 g/mol. The lowest BCUT2D eigenvalue weighted by atomic mass is 9.86. The average molecular weight is 945 g/mol. The van der Waals surface area contributed by atoms with Crippen molar-refractivity contribution in [1.82, 2.24) is 0 Å². The van der Waals surface area contributed by atoms with E-state index in [-0.39, 0.29) is 85.9 Å². The minimum Gasteiger partial charge on any atom is -0.390 e. The minimum atomic E-state index is -1.20. The van der Waals surface area contributed by atoms with Crippen LogP contribution in [0, 0.1) is 17.8 Å². The maximum atomic E-state index is 12.8. The predicted molar refractivity (Wildman–Crippen MR) is 289 cm³/mol. The molecular formula is C45H100B3FO8P4. The molecule has 4 fully saturated rings. The van der Waals surface area contributed by atoms with Crippen LogP contribution in [0.15, 0.2) is 0 Å². The molecule has 4 heterocycles. The number of rotatable bonds is 4. The molecule has 8 nitrogen and oxygen atoms in total. The fraction of sp³-hybridized carbons (Fsp3) is 0.911. The Kier molecular flexibility index (Phi) is 39.0. The SMILES string of the molecule is C.C=P(C)(C)C.C=P(C)(C)C.C=P(C)(C)C.C=P(C)(C)C.CC[C@H]1O[C@@H](C)[C@H](F)[C@@H]1O.[B][C@@H]1O[C@H](CC)[C@@H](O)[C@H]1C.[B][C@@H]1O[C@H](CC)[C@@H](O)[C@H]1C.[B][C@@H]1O[C@H](CC)[C@@H](O)[C@H]1C. The van der Waals surface area contributed by atoms with E-state index in [1.54, 1.807) is 6.92 Å². The van der Waals surface area contributed by atoms with E-state index in [4.69, 9.17) is 47.6 Å². The number of alkyl halides is 1. The maximum Gasteiger partial charge on any atom is 0.154 e. The number of halogens is 1. The van der Waals surface area contributed by atoms with Crippen LogP contribution in [0.1, 0.15) is 88.5 Å². The summed E-state index contributed by atoms with van der Waals surface area (Å²) in [5.41, 5.74) is 0. The van der Waals surface area contributed by atoms with Gasteiger partial charge in [0.2, 0.25) is 0 Å². The van der Waals surface area contributed by atoms with Crippen LogP contribution in [0.3, 0.4) is 0 Å². The largest absolute Gasteiger partial charge is 0.390 e. The Hall–Kier alpha value is 1.00. The molecule has 4 aliphatic rings. The van der Waals surface area contributed by atoms with Gasteiger partial charge >= 0.3 is 0 Å². The lowest BCUT2D eigenvalue weighted by Gasteiger charge is -2.12. The third-order valence-electron chi connectivity index (χ3n) is 8.46. The van der Waals surface area contributed by atoms with Crippen molar-refractivity contribution in [3.63, 3.8) is 0 Å². The summed E-state index contributed by atoms with van der Waals surface area (Å²) < 4.78 is 33.7. The Morgan fingerprint density at radius 3 is 0.656 bits per heavy atom. The molecule has 4 aliphatic heterocycles. The molecule has 0 saturated carbocycles. The molecule has 0 aromatic heterocycles. The number of aliphatic hydroxyl groups excluding tert-OH is 4. The molecule has 0 aromatic carbocycles. The van der Waals surface area contributed by atoms with Gasteiger partial charge in [0.25, 0.3) is 0 Å². The second-order valence-corrected chi connectivity index (χ2v) is 38.9. The van der Waals surface area contributed by atoms with Gasteiger partial charge in [0.1, 0.15) is 29.6 Å². The zero-order valence-corrected chi connectivity index (χ0v) is 45.8. The smallest absolute Gasteiger partial charge is 0.154 e. The van der Waals surface area contributed by atoms with E-state index in [1.807, 2.05) is 48.5 Å². The van der Waals surface area contributed by atoms with Crippen molar-refractivity contribution in [1.29, 1.82) is 0 Å². The first-order valence-corrected chi connectivity index (χ1v) is 34.8. The normalized spacial score (nSPS) is 35.3. The number of ether oxygens (including phenoxy) is 4. The Morgan fingerprint density at radius 2 is 0.590 bits per heavy atom. The van der Waals surface area contributed by atoms with Gasteiger partial charge in [0.15, 0.2) is 6.17 Å².